The predicted octanol–water partition coefficient (Wildman–Crippen LogP) is 0.0835. The van der Waals surface area contributed by atoms with Gasteiger partial charge in [0.15, 0.2) is 9.84 Å². The Bertz CT molecular complexity index is 347. The maximum Gasteiger partial charge on any atom is 0.167 e. The van der Waals surface area contributed by atoms with Crippen LogP contribution in [0.3, 0.4) is 0 Å². The number of rotatable bonds is 2. The predicted molar refractivity (Wildman–Crippen MR) is 46.0 cm³/mol. The van der Waals surface area contributed by atoms with Gasteiger partial charge in [0.25, 0.3) is 0 Å². The maximum absolute atomic E-state index is 11.0. The molecular formula is C7H10N2O2S. The van der Waals surface area contributed by atoms with Gasteiger partial charge in [-0.3, -0.25) is 4.98 Å². The van der Waals surface area contributed by atoms with Crippen molar-refractivity contribution in [3.63, 3.8) is 0 Å². The van der Waals surface area contributed by atoms with Gasteiger partial charge in [0.2, 0.25) is 0 Å². The maximum atomic E-state index is 11.0. The van der Waals surface area contributed by atoms with Crippen LogP contribution in [-0.2, 0) is 9.84 Å². The van der Waals surface area contributed by atoms with E-state index in [-0.39, 0.29) is 0 Å². The van der Waals surface area contributed by atoms with E-state index in [1.54, 1.807) is 12.1 Å². The summed E-state index contributed by atoms with van der Waals surface area (Å²) in [4.78, 5) is 3.76. The van der Waals surface area contributed by atoms with E-state index >= 15 is 0 Å². The van der Waals surface area contributed by atoms with Gasteiger partial charge in [-0.25, -0.2) is 8.42 Å². The number of sulfone groups is 1. The second kappa shape index (κ2) is 3.20. The summed E-state index contributed by atoms with van der Waals surface area (Å²) in [6, 6.07) is 3.18. The second-order valence-corrected chi connectivity index (χ2v) is 4.70. The Morgan fingerprint density at radius 2 is 1.92 bits per heavy atom. The minimum absolute atomic E-state index is 0.563. The van der Waals surface area contributed by atoms with Crippen molar-refractivity contribution in [1.29, 1.82) is 0 Å². The van der Waals surface area contributed by atoms with Gasteiger partial charge in [0.1, 0.15) is 5.37 Å². The number of nitrogens with zero attached hydrogens (tertiary/aromatic N) is 1. The van der Waals surface area contributed by atoms with E-state index in [2.05, 4.69) is 4.98 Å². The summed E-state index contributed by atoms with van der Waals surface area (Å²) < 4.78 is 22.0. The van der Waals surface area contributed by atoms with E-state index in [0.29, 0.717) is 5.56 Å². The Balaban J connectivity index is 3.02. The lowest BCUT2D eigenvalue weighted by atomic mass is 10.3. The highest BCUT2D eigenvalue weighted by Crippen LogP contribution is 2.13. The van der Waals surface area contributed by atoms with E-state index in [9.17, 15) is 8.42 Å². The highest BCUT2D eigenvalue weighted by molar-refractivity contribution is 7.90. The van der Waals surface area contributed by atoms with Crippen LogP contribution < -0.4 is 5.73 Å². The summed E-state index contributed by atoms with van der Waals surface area (Å²) in [6.45, 7) is 0. The van der Waals surface area contributed by atoms with Gasteiger partial charge in [-0.1, -0.05) is 0 Å². The topological polar surface area (TPSA) is 73.0 Å². The van der Waals surface area contributed by atoms with E-state index in [1.807, 2.05) is 0 Å². The van der Waals surface area contributed by atoms with Crippen molar-refractivity contribution in [2.45, 2.75) is 5.37 Å². The highest BCUT2D eigenvalue weighted by atomic mass is 32.2. The van der Waals surface area contributed by atoms with Crippen molar-refractivity contribution in [2.24, 2.45) is 5.73 Å². The third kappa shape index (κ3) is 2.02. The lowest BCUT2D eigenvalue weighted by Gasteiger charge is -2.08. The van der Waals surface area contributed by atoms with Crippen LogP contribution in [0, 0.1) is 0 Å². The van der Waals surface area contributed by atoms with Crippen LogP contribution in [0.5, 0.6) is 0 Å². The van der Waals surface area contributed by atoms with Crippen LogP contribution in [-0.4, -0.2) is 19.7 Å². The van der Waals surface area contributed by atoms with Crippen molar-refractivity contribution in [1.82, 2.24) is 4.98 Å². The van der Waals surface area contributed by atoms with Crippen molar-refractivity contribution in [2.75, 3.05) is 6.26 Å². The third-order valence-corrected chi connectivity index (χ3v) is 2.69. The van der Waals surface area contributed by atoms with Crippen LogP contribution >= 0.6 is 0 Å². The first kappa shape index (κ1) is 9.15. The van der Waals surface area contributed by atoms with Crippen molar-refractivity contribution >= 4 is 9.84 Å². The number of aromatic nitrogens is 1. The Kier molecular flexibility index (Phi) is 2.44. The molecular weight excluding hydrogens is 176 g/mol. The van der Waals surface area contributed by atoms with E-state index in [1.165, 1.54) is 12.4 Å². The average molecular weight is 186 g/mol. The molecule has 1 unspecified atom stereocenters. The minimum Gasteiger partial charge on any atom is -0.311 e. The summed E-state index contributed by atoms with van der Waals surface area (Å²) in [6.07, 6.45) is 4.14. The first-order valence-corrected chi connectivity index (χ1v) is 5.31. The molecule has 1 aromatic heterocycles. The number of hydrogen-bond acceptors (Lipinski definition) is 4. The Morgan fingerprint density at radius 3 is 2.33 bits per heavy atom. The molecule has 0 radical (unpaired) electrons. The quantitative estimate of drug-likeness (QED) is 0.710. The van der Waals surface area contributed by atoms with Gasteiger partial charge in [-0.05, 0) is 17.7 Å². The molecule has 5 heteroatoms. The average Bonchev–Trinajstić information content (AvgIpc) is 2.03. The summed E-state index contributed by atoms with van der Waals surface area (Å²) in [7, 11) is -3.21. The van der Waals surface area contributed by atoms with Crippen LogP contribution in [0.4, 0.5) is 0 Å². The molecule has 0 spiro atoms. The molecule has 2 N–H and O–H groups in total. The first-order chi connectivity index (χ1) is 5.52. The monoisotopic (exact) mass is 186 g/mol. The van der Waals surface area contributed by atoms with Crippen molar-refractivity contribution in [3.8, 4) is 0 Å². The first-order valence-electron chi connectivity index (χ1n) is 3.36. The lowest BCUT2D eigenvalue weighted by Crippen LogP contribution is -2.20. The molecule has 1 aromatic rings. The molecule has 0 fully saturated rings. The fourth-order valence-electron chi connectivity index (χ4n) is 0.800. The molecule has 0 aliphatic heterocycles. The zero-order valence-corrected chi connectivity index (χ0v) is 7.45. The third-order valence-electron chi connectivity index (χ3n) is 1.50. The summed E-state index contributed by atoms with van der Waals surface area (Å²) >= 11 is 0. The van der Waals surface area contributed by atoms with E-state index in [0.717, 1.165) is 6.26 Å². The molecule has 12 heavy (non-hydrogen) atoms. The van der Waals surface area contributed by atoms with Gasteiger partial charge in [0.05, 0.1) is 0 Å². The molecule has 0 aliphatic rings. The Hall–Kier alpha value is -0.940. The van der Waals surface area contributed by atoms with Gasteiger partial charge in [-0.15, -0.1) is 0 Å². The number of hydrogen-bond donors (Lipinski definition) is 1. The van der Waals surface area contributed by atoms with Gasteiger partial charge >= 0.3 is 0 Å². The fourth-order valence-corrected chi connectivity index (χ4v) is 1.45. The lowest BCUT2D eigenvalue weighted by molar-refractivity contribution is 0.590. The summed E-state index contributed by atoms with van der Waals surface area (Å²) in [5.74, 6) is 0. The van der Waals surface area contributed by atoms with Gasteiger partial charge in [-0.2, -0.15) is 0 Å². The minimum atomic E-state index is -3.21. The zero-order chi connectivity index (χ0) is 9.19. The SMILES string of the molecule is CS(=O)(=O)C(N)c1ccncc1. The molecule has 0 aromatic carbocycles. The summed E-state index contributed by atoms with van der Waals surface area (Å²) in [5.41, 5.74) is 6.02. The van der Waals surface area contributed by atoms with Crippen LogP contribution in [0.25, 0.3) is 0 Å². The van der Waals surface area contributed by atoms with Crippen LogP contribution in [0.2, 0.25) is 0 Å². The molecule has 0 bridgehead atoms. The van der Waals surface area contributed by atoms with Crippen LogP contribution in [0.15, 0.2) is 24.5 Å². The molecule has 4 nitrogen and oxygen atoms in total. The highest BCUT2D eigenvalue weighted by Gasteiger charge is 2.16. The molecule has 1 heterocycles. The number of nitrogens with two attached hydrogens (primary N) is 1. The summed E-state index contributed by atoms with van der Waals surface area (Å²) in [5, 5.41) is -0.944. The Labute approximate surface area is 71.3 Å². The zero-order valence-electron chi connectivity index (χ0n) is 6.64. The van der Waals surface area contributed by atoms with Gasteiger partial charge in [0, 0.05) is 18.6 Å². The largest absolute Gasteiger partial charge is 0.311 e. The molecule has 66 valence electrons. The molecule has 1 rings (SSSR count). The number of pyridine rings is 1. The second-order valence-electron chi connectivity index (χ2n) is 2.53. The molecule has 1 atom stereocenters. The molecule has 0 saturated carbocycles. The smallest absolute Gasteiger partial charge is 0.167 e. The van der Waals surface area contributed by atoms with Crippen LogP contribution in [0.1, 0.15) is 10.9 Å². The molecule has 0 aliphatic carbocycles. The van der Waals surface area contributed by atoms with Crippen molar-refractivity contribution < 1.29 is 8.42 Å². The normalized spacial score (nSPS) is 14.2. The standard InChI is InChI=1S/C7H10N2O2S/c1-12(10,11)7(8)6-2-4-9-5-3-6/h2-5,7H,8H2,1H3. The van der Waals surface area contributed by atoms with Gasteiger partial charge < -0.3 is 5.73 Å². The van der Waals surface area contributed by atoms with E-state index in [4.69, 9.17) is 5.73 Å². The molecule has 0 saturated heterocycles. The molecule has 0 amide bonds. The van der Waals surface area contributed by atoms with Crippen molar-refractivity contribution in [3.05, 3.63) is 30.1 Å². The Morgan fingerprint density at radius 1 is 1.42 bits per heavy atom. The fraction of sp³-hybridized carbons (Fsp3) is 0.286. The van der Waals surface area contributed by atoms with E-state index < -0.39 is 15.2 Å².